The number of carbonyl (C=O) groups excluding carboxylic acids is 4. The smallest absolute Gasteiger partial charge is 0.407 e. The third-order valence-electron chi connectivity index (χ3n) is 15.0. The third kappa shape index (κ3) is 8.29. The number of amides is 4. The minimum absolute atomic E-state index is 0.0149. The third-order valence-corrected chi connectivity index (χ3v) is 15.0. The number of allylic oxidation sites excluding steroid dienone is 1. The number of piperidine rings is 2. The normalized spacial score (nSPS) is 28.0. The molecule has 0 radical (unpaired) electrons. The molecule has 64 heavy (non-hydrogen) atoms. The number of likely N-dealkylation sites (tertiary alicyclic amines) is 2. The van der Waals surface area contributed by atoms with E-state index >= 15 is 0 Å². The van der Waals surface area contributed by atoms with Gasteiger partial charge in [-0.15, -0.1) is 0 Å². The van der Waals surface area contributed by atoms with Crippen LogP contribution in [0.5, 0.6) is 0 Å². The van der Waals surface area contributed by atoms with Crippen molar-refractivity contribution in [3.8, 4) is 22.4 Å². The monoisotopic (exact) mass is 879 g/mol. The van der Waals surface area contributed by atoms with Gasteiger partial charge in [0, 0.05) is 56.5 Å². The number of alkyl carbamates (subject to hydrolysis) is 2. The van der Waals surface area contributed by atoms with E-state index in [0.717, 1.165) is 64.9 Å². The van der Waals surface area contributed by atoms with Gasteiger partial charge in [0.2, 0.25) is 17.7 Å². The van der Waals surface area contributed by atoms with Gasteiger partial charge in [-0.05, 0) is 103 Å². The standard InChI is InChI=1S/C48H55F2N7O7/c1-62-46(60)54-41(30-11-15-48(49,50)16-12-30)45(59)57-38-21-33(38)23-40(57)43-52-25-36(53-43)29-9-7-27(8-10-29)26-3-5-28(6-4-26)34-19-35(51-24-34)39-22-32-20-37(32)56(39)44(58)42(55-47(61)63-2)31-13-17-64-18-14-31/h3-10,24-25,30-33,37-42H,11-23H2,1-2H3,(H,52,53)(H,54,60)(H,55,61)/t32-,33-,37-,38-,39+,40+,41+,42+/m1/s1. The second-order valence-corrected chi connectivity index (χ2v) is 18.8. The molecular weight excluding hydrogens is 825 g/mol. The van der Waals surface area contributed by atoms with Crippen LogP contribution in [0.2, 0.25) is 0 Å². The van der Waals surface area contributed by atoms with Gasteiger partial charge in [0.25, 0.3) is 0 Å². The summed E-state index contributed by atoms with van der Waals surface area (Å²) in [6.07, 6.45) is 7.55. The summed E-state index contributed by atoms with van der Waals surface area (Å²) in [7, 11) is 2.55. The van der Waals surface area contributed by atoms with Gasteiger partial charge in [-0.1, -0.05) is 48.5 Å². The quantitative estimate of drug-likeness (QED) is 0.181. The fourth-order valence-corrected chi connectivity index (χ4v) is 11.2. The molecule has 0 unspecified atom stereocenters. The van der Waals surface area contributed by atoms with Crippen molar-refractivity contribution in [2.75, 3.05) is 27.4 Å². The number of nitrogens with one attached hydrogen (secondary N) is 3. The molecule has 3 saturated heterocycles. The molecule has 10 rings (SSSR count). The van der Waals surface area contributed by atoms with E-state index in [1.807, 2.05) is 28.1 Å². The zero-order valence-corrected chi connectivity index (χ0v) is 36.1. The number of carbonyl (C=O) groups is 4. The van der Waals surface area contributed by atoms with Crippen molar-refractivity contribution in [3.05, 3.63) is 72.3 Å². The minimum Gasteiger partial charge on any atom is -0.453 e. The Morgan fingerprint density at radius 2 is 1.25 bits per heavy atom. The molecule has 6 fully saturated rings. The van der Waals surface area contributed by atoms with Crippen molar-refractivity contribution in [1.82, 2.24) is 30.4 Å². The van der Waals surface area contributed by atoms with Crippen molar-refractivity contribution in [2.45, 2.75) is 113 Å². The highest BCUT2D eigenvalue weighted by Gasteiger charge is 2.58. The average molecular weight is 880 g/mol. The fourth-order valence-electron chi connectivity index (χ4n) is 11.2. The SMILES string of the molecule is COC(=O)N[C@H](C(=O)N1[C@@H]2C[C@@H]2C[C@H]1C1=NC=C(c2ccc(-c3ccc(-c4cnc([C@@H]5C[C@H]6C[C@H]6N5C(=O)[C@@H](NC(=O)OC)C5CCC(F)(F)CC5)[nH]4)cc3)cc2)C1)C1CCOCC1. The Balaban J connectivity index is 0.779. The van der Waals surface area contributed by atoms with Crippen molar-refractivity contribution >= 4 is 35.3 Å². The summed E-state index contributed by atoms with van der Waals surface area (Å²) < 4.78 is 43.4. The number of H-pyrrole nitrogens is 1. The maximum Gasteiger partial charge on any atom is 0.407 e. The van der Waals surface area contributed by atoms with E-state index in [2.05, 4.69) is 52.0 Å². The molecule has 16 heteroatoms. The topological polar surface area (TPSA) is 168 Å². The van der Waals surface area contributed by atoms with Crippen LogP contribution < -0.4 is 10.6 Å². The molecule has 0 spiro atoms. The number of alkyl halides is 2. The molecule has 3 saturated carbocycles. The lowest BCUT2D eigenvalue weighted by molar-refractivity contribution is -0.139. The van der Waals surface area contributed by atoms with Gasteiger partial charge in [-0.2, -0.15) is 0 Å². The number of aromatic nitrogens is 2. The summed E-state index contributed by atoms with van der Waals surface area (Å²) in [6.45, 7) is 1.13. The van der Waals surface area contributed by atoms with Gasteiger partial charge < -0.3 is 39.6 Å². The number of aliphatic imine (C=N–C) groups is 1. The van der Waals surface area contributed by atoms with Gasteiger partial charge in [0.15, 0.2) is 0 Å². The first-order valence-electron chi connectivity index (χ1n) is 22.8. The van der Waals surface area contributed by atoms with E-state index in [-0.39, 0.29) is 67.6 Å². The molecule has 8 atom stereocenters. The van der Waals surface area contributed by atoms with E-state index in [4.69, 9.17) is 24.2 Å². The average Bonchev–Trinajstić information content (AvgIpc) is 3.90. The van der Waals surface area contributed by atoms with Gasteiger partial charge in [-0.25, -0.2) is 23.4 Å². The summed E-state index contributed by atoms with van der Waals surface area (Å²) >= 11 is 0. The summed E-state index contributed by atoms with van der Waals surface area (Å²) in [6, 6.07) is 14.8. The van der Waals surface area contributed by atoms with Crippen LogP contribution in [0.1, 0.15) is 88.1 Å². The molecule has 3 aliphatic carbocycles. The highest BCUT2D eigenvalue weighted by atomic mass is 19.3. The van der Waals surface area contributed by atoms with Crippen LogP contribution in [-0.2, 0) is 23.8 Å². The maximum atomic E-state index is 14.2. The number of imidazole rings is 1. The van der Waals surface area contributed by atoms with E-state index < -0.39 is 36.1 Å². The number of hydrogen-bond donors (Lipinski definition) is 3. The number of methoxy groups -OCH3 is 2. The summed E-state index contributed by atoms with van der Waals surface area (Å²) in [5.74, 6) is -2.05. The molecule has 3 N–H and O–H groups in total. The Morgan fingerprint density at radius 3 is 1.83 bits per heavy atom. The number of hydrogen-bond acceptors (Lipinski definition) is 9. The molecular formula is C48H55F2N7O7. The number of aromatic amines is 1. The van der Waals surface area contributed by atoms with Crippen LogP contribution in [0.3, 0.4) is 0 Å². The van der Waals surface area contributed by atoms with Gasteiger partial charge in [-0.3, -0.25) is 14.6 Å². The van der Waals surface area contributed by atoms with Crippen molar-refractivity contribution in [3.63, 3.8) is 0 Å². The summed E-state index contributed by atoms with van der Waals surface area (Å²) in [5, 5.41) is 5.55. The number of halogens is 2. The molecule has 0 bridgehead atoms. The zero-order valence-electron chi connectivity index (χ0n) is 36.1. The van der Waals surface area contributed by atoms with E-state index in [9.17, 15) is 28.0 Å². The number of ether oxygens (including phenoxy) is 3. The lowest BCUT2D eigenvalue weighted by atomic mass is 9.81. The maximum absolute atomic E-state index is 14.2. The van der Waals surface area contributed by atoms with E-state index in [1.54, 1.807) is 6.20 Å². The van der Waals surface area contributed by atoms with Crippen LogP contribution in [0, 0.1) is 23.7 Å². The largest absolute Gasteiger partial charge is 0.453 e. The number of benzene rings is 2. The highest BCUT2D eigenvalue weighted by molar-refractivity contribution is 6.04. The first-order valence-corrected chi connectivity index (χ1v) is 22.8. The van der Waals surface area contributed by atoms with Crippen LogP contribution in [0.15, 0.2) is 65.9 Å². The zero-order chi connectivity index (χ0) is 44.3. The lowest BCUT2D eigenvalue weighted by Crippen LogP contribution is -2.56. The van der Waals surface area contributed by atoms with Crippen molar-refractivity contribution in [1.29, 1.82) is 0 Å². The van der Waals surface area contributed by atoms with E-state index in [1.165, 1.54) is 14.2 Å². The summed E-state index contributed by atoms with van der Waals surface area (Å²) in [5.41, 5.74) is 7.01. The molecule has 1 aromatic heterocycles. The summed E-state index contributed by atoms with van der Waals surface area (Å²) in [4.78, 5) is 70.1. The Bertz CT molecular complexity index is 2330. The Labute approximate surface area is 370 Å². The molecule has 4 amide bonds. The second kappa shape index (κ2) is 17.1. The molecule has 5 heterocycles. The van der Waals surface area contributed by atoms with Crippen LogP contribution in [-0.4, -0.2) is 113 Å². The Hall–Kier alpha value is -5.64. The molecule has 338 valence electrons. The molecule has 2 aromatic carbocycles. The van der Waals surface area contributed by atoms with Crippen LogP contribution in [0.4, 0.5) is 18.4 Å². The van der Waals surface area contributed by atoms with Gasteiger partial charge in [0.1, 0.15) is 17.9 Å². The number of nitrogens with zero attached hydrogens (tertiary/aromatic N) is 4. The lowest BCUT2D eigenvalue weighted by Gasteiger charge is -2.37. The van der Waals surface area contributed by atoms with E-state index in [0.29, 0.717) is 50.1 Å². The first-order chi connectivity index (χ1) is 31.0. The predicted molar refractivity (Wildman–Crippen MR) is 232 cm³/mol. The van der Waals surface area contributed by atoms with Gasteiger partial charge >= 0.3 is 12.2 Å². The molecule has 3 aromatic rings. The first kappa shape index (κ1) is 42.3. The molecule has 14 nitrogen and oxygen atoms in total. The van der Waals surface area contributed by atoms with Crippen LogP contribution >= 0.6 is 0 Å². The van der Waals surface area contributed by atoms with Crippen molar-refractivity contribution in [2.24, 2.45) is 28.7 Å². The van der Waals surface area contributed by atoms with Gasteiger partial charge in [0.05, 0.1) is 38.2 Å². The second-order valence-electron chi connectivity index (χ2n) is 18.8. The van der Waals surface area contributed by atoms with Crippen LogP contribution in [0.25, 0.3) is 28.0 Å². The molecule has 4 aliphatic heterocycles. The fraction of sp³-hybridized carbons (Fsp3) is 0.542. The minimum atomic E-state index is -2.76. The Morgan fingerprint density at radius 1 is 0.734 bits per heavy atom. The number of fused-ring (bicyclic) bond motifs is 2. The van der Waals surface area contributed by atoms with Crippen molar-refractivity contribution < 1.29 is 42.2 Å². The molecule has 7 aliphatic rings. The Kier molecular flexibility index (Phi) is 11.3. The number of rotatable bonds is 11. The highest BCUT2D eigenvalue weighted by Crippen LogP contribution is 2.54. The predicted octanol–water partition coefficient (Wildman–Crippen LogP) is 7.28.